The number of hydrogen-bond acceptors (Lipinski definition) is 12. The van der Waals surface area contributed by atoms with Gasteiger partial charge in [0.25, 0.3) is 0 Å². The first-order valence-electron chi connectivity index (χ1n) is 18.4. The molecule has 282 valence electrons. The quantitative estimate of drug-likeness (QED) is 0.0809. The van der Waals surface area contributed by atoms with Crippen LogP contribution < -0.4 is 21.3 Å². The number of benzene rings is 2. The van der Waals surface area contributed by atoms with Crippen LogP contribution in [0.25, 0.3) is 0 Å². The molecule has 13 heteroatoms. The number of aliphatic hydroxyl groups excluding tert-OH is 2. The van der Waals surface area contributed by atoms with E-state index < -0.39 is 17.6 Å². The molecule has 6 rings (SSSR count). The smallest absolute Gasteiger partial charge is 0.224 e. The zero-order valence-electron chi connectivity index (χ0n) is 31.7. The van der Waals surface area contributed by atoms with Crippen LogP contribution in [0, 0.1) is 33.5 Å². The minimum atomic E-state index is -0.536. The van der Waals surface area contributed by atoms with Crippen molar-refractivity contribution in [3.8, 4) is 12.1 Å². The Balaban J connectivity index is 1.09. The average molecular weight is 749 g/mol. The van der Waals surface area contributed by atoms with Crippen LogP contribution >= 0.6 is 11.6 Å². The Bertz CT molecular complexity index is 2080. The molecule has 2 aromatic heterocycles. The zero-order chi connectivity index (χ0) is 38.8. The summed E-state index contributed by atoms with van der Waals surface area (Å²) in [5.74, 6) is 1.82. The van der Waals surface area contributed by atoms with E-state index in [9.17, 15) is 20.7 Å². The van der Waals surface area contributed by atoms with Gasteiger partial charge in [0.2, 0.25) is 11.9 Å². The number of nitrogens with one attached hydrogen (secondary N) is 4. The highest BCUT2D eigenvalue weighted by atomic mass is 35.5. The molecule has 2 aliphatic rings. The van der Waals surface area contributed by atoms with Gasteiger partial charge in [0.05, 0.1) is 24.6 Å². The number of aromatic nitrogens is 4. The van der Waals surface area contributed by atoms with Crippen molar-refractivity contribution in [1.29, 1.82) is 10.5 Å². The third kappa shape index (κ3) is 8.07. The van der Waals surface area contributed by atoms with Gasteiger partial charge in [-0.05, 0) is 54.0 Å². The molecule has 12 nitrogen and oxygen atoms in total. The molecular formula is C41H49ClN10O2. The summed E-state index contributed by atoms with van der Waals surface area (Å²) in [6.07, 6.45) is 3.84. The number of hydrogen-bond donors (Lipinski definition) is 6. The maximum atomic E-state index is 11.1. The fraction of sp³-hybridized carbons (Fsp3) is 0.463. The summed E-state index contributed by atoms with van der Waals surface area (Å²) in [6, 6.07) is 20.4. The molecule has 0 amide bonds. The Morgan fingerprint density at radius 3 is 2.07 bits per heavy atom. The third-order valence-corrected chi connectivity index (χ3v) is 11.9. The first-order valence-corrected chi connectivity index (χ1v) is 18.8. The van der Waals surface area contributed by atoms with E-state index in [-0.39, 0.29) is 28.8 Å². The van der Waals surface area contributed by atoms with Gasteiger partial charge in [-0.25, -0.2) is 9.97 Å². The van der Waals surface area contributed by atoms with Crippen molar-refractivity contribution >= 4 is 35.1 Å². The maximum absolute atomic E-state index is 11.1. The topological polar surface area (TPSA) is 188 Å². The van der Waals surface area contributed by atoms with Gasteiger partial charge in [-0.1, -0.05) is 89.5 Å². The molecule has 6 N–H and O–H groups in total. The monoisotopic (exact) mass is 748 g/mol. The van der Waals surface area contributed by atoms with Crippen LogP contribution in [0.4, 0.5) is 23.5 Å². The van der Waals surface area contributed by atoms with Gasteiger partial charge in [0.1, 0.15) is 34.9 Å². The molecular weight excluding hydrogens is 700 g/mol. The first kappa shape index (κ1) is 38.7. The fourth-order valence-corrected chi connectivity index (χ4v) is 7.41. The van der Waals surface area contributed by atoms with E-state index >= 15 is 0 Å². The van der Waals surface area contributed by atoms with E-state index in [1.54, 1.807) is 0 Å². The summed E-state index contributed by atoms with van der Waals surface area (Å²) in [5.41, 5.74) is 2.90. The first-order chi connectivity index (χ1) is 25.6. The SMILES string of the molecule is C[C@@H](CNc1ncc(C#N)c(N[C@@H]2C[C@H](O)C2(C)C)n1)c1cccc(CC2(C)[C@@H](O)C[C@H]2Nc2nc(NCC(C)(C)c3cccc(Cl)c3)ncc2C#N)c1. The summed E-state index contributed by atoms with van der Waals surface area (Å²) >= 11 is 6.24. The van der Waals surface area contributed by atoms with Crippen molar-refractivity contribution < 1.29 is 10.2 Å². The lowest BCUT2D eigenvalue weighted by molar-refractivity contribution is -0.0638. The zero-order valence-corrected chi connectivity index (χ0v) is 32.4. The van der Waals surface area contributed by atoms with E-state index in [2.05, 4.69) is 94.3 Å². The summed E-state index contributed by atoms with van der Waals surface area (Å²) in [7, 11) is 0. The number of anilines is 4. The van der Waals surface area contributed by atoms with Gasteiger partial charge >= 0.3 is 0 Å². The van der Waals surface area contributed by atoms with Crippen molar-refractivity contribution in [3.63, 3.8) is 0 Å². The Hall–Kier alpha value is -5.01. The van der Waals surface area contributed by atoms with Gasteiger partial charge in [0, 0.05) is 46.4 Å². The predicted molar refractivity (Wildman–Crippen MR) is 211 cm³/mol. The van der Waals surface area contributed by atoms with Crippen molar-refractivity contribution in [3.05, 3.63) is 93.8 Å². The molecule has 6 atom stereocenters. The number of halogens is 1. The van der Waals surface area contributed by atoms with Crippen LogP contribution in [0.1, 0.15) is 88.1 Å². The molecule has 1 unspecified atom stereocenters. The highest BCUT2D eigenvalue weighted by Crippen LogP contribution is 2.46. The molecule has 2 heterocycles. The van der Waals surface area contributed by atoms with Gasteiger partial charge in [-0.3, -0.25) is 0 Å². The van der Waals surface area contributed by atoms with Crippen LogP contribution in [-0.2, 0) is 11.8 Å². The molecule has 4 aromatic rings. The lowest BCUT2D eigenvalue weighted by Crippen LogP contribution is -2.60. The minimum absolute atomic E-state index is 0.00215. The van der Waals surface area contributed by atoms with Crippen LogP contribution in [0.2, 0.25) is 5.02 Å². The van der Waals surface area contributed by atoms with E-state index in [1.807, 2.05) is 44.2 Å². The van der Waals surface area contributed by atoms with Gasteiger partial charge in [-0.2, -0.15) is 20.5 Å². The largest absolute Gasteiger partial charge is 0.392 e. The normalized spacial score (nSPS) is 23.5. The number of aliphatic hydroxyl groups is 2. The maximum Gasteiger partial charge on any atom is 0.224 e. The molecule has 2 fully saturated rings. The molecule has 54 heavy (non-hydrogen) atoms. The van der Waals surface area contributed by atoms with Gasteiger partial charge in [0.15, 0.2) is 0 Å². The predicted octanol–water partition coefficient (Wildman–Crippen LogP) is 6.63. The molecule has 0 spiro atoms. The molecule has 0 radical (unpaired) electrons. The molecule has 2 aromatic carbocycles. The highest BCUT2D eigenvalue weighted by Gasteiger charge is 2.51. The van der Waals surface area contributed by atoms with Crippen molar-refractivity contribution in [2.75, 3.05) is 34.4 Å². The van der Waals surface area contributed by atoms with Gasteiger partial charge in [-0.15, -0.1) is 0 Å². The van der Waals surface area contributed by atoms with Crippen molar-refractivity contribution in [2.24, 2.45) is 10.8 Å². The lowest BCUT2D eigenvalue weighted by atomic mass is 9.60. The van der Waals surface area contributed by atoms with Crippen LogP contribution in [-0.4, -0.2) is 67.5 Å². The minimum Gasteiger partial charge on any atom is -0.392 e. The number of nitrogens with zero attached hydrogens (tertiary/aromatic N) is 6. The average Bonchev–Trinajstić information content (AvgIpc) is 3.16. The fourth-order valence-electron chi connectivity index (χ4n) is 7.22. The number of rotatable bonds is 14. The summed E-state index contributed by atoms with van der Waals surface area (Å²) in [5, 5.41) is 54.9. The summed E-state index contributed by atoms with van der Waals surface area (Å²) in [6.45, 7) is 13.5. The second kappa shape index (κ2) is 15.4. The van der Waals surface area contributed by atoms with Crippen molar-refractivity contribution in [2.45, 2.75) is 96.4 Å². The molecule has 2 aliphatic carbocycles. The molecule has 0 saturated heterocycles. The second-order valence-corrected chi connectivity index (χ2v) is 16.7. The molecule has 0 aliphatic heterocycles. The number of nitriles is 2. The van der Waals surface area contributed by atoms with E-state index in [4.69, 9.17) is 16.6 Å². The molecule has 0 bridgehead atoms. The van der Waals surface area contributed by atoms with Crippen molar-refractivity contribution in [1.82, 2.24) is 19.9 Å². The Kier molecular flexibility index (Phi) is 11.0. The van der Waals surface area contributed by atoms with E-state index in [0.29, 0.717) is 72.0 Å². The van der Waals surface area contributed by atoms with Gasteiger partial charge < -0.3 is 31.5 Å². The Morgan fingerprint density at radius 1 is 0.870 bits per heavy atom. The summed E-state index contributed by atoms with van der Waals surface area (Å²) < 4.78 is 0. The lowest BCUT2D eigenvalue weighted by Gasteiger charge is -2.52. The van der Waals surface area contributed by atoms with Crippen LogP contribution in [0.15, 0.2) is 60.9 Å². The Morgan fingerprint density at radius 2 is 1.48 bits per heavy atom. The summed E-state index contributed by atoms with van der Waals surface area (Å²) in [4.78, 5) is 18.1. The molecule has 2 saturated carbocycles. The van der Waals surface area contributed by atoms with Crippen LogP contribution in [0.3, 0.4) is 0 Å². The standard InChI is InChI=1S/C41H49ClN10O2/c1-24(20-45-37-46-21-27(18-43)35(51-37)49-31-15-33(53)40(31,4)5)26-10-7-9-25(13-26)17-41(6)32(16-34(41)54)50-36-28(19-44)22-47-38(52-36)48-23-39(2,3)29-11-8-12-30(42)14-29/h7-14,21-22,24,31-34,53-54H,15-17,20,23H2,1-6H3,(H2,45,46,49,51)(H2,47,48,50,52)/t24-,31+,32+,33-,34-,41?/m0/s1. The Labute approximate surface area is 322 Å². The highest BCUT2D eigenvalue weighted by molar-refractivity contribution is 6.30. The van der Waals surface area contributed by atoms with Crippen LogP contribution in [0.5, 0.6) is 0 Å². The van der Waals surface area contributed by atoms with E-state index in [1.165, 1.54) is 12.4 Å². The second-order valence-electron chi connectivity index (χ2n) is 16.3. The third-order valence-electron chi connectivity index (χ3n) is 11.6. The van der Waals surface area contributed by atoms with E-state index in [0.717, 1.165) is 16.7 Å².